The highest BCUT2D eigenvalue weighted by atomic mass is 32.2. The Bertz CT molecular complexity index is 741. The van der Waals surface area contributed by atoms with Gasteiger partial charge in [-0.05, 0) is 29.9 Å². The molecule has 0 aliphatic heterocycles. The van der Waals surface area contributed by atoms with Crippen LogP contribution < -0.4 is 0 Å². The second-order valence-electron chi connectivity index (χ2n) is 6.92. The van der Waals surface area contributed by atoms with Crippen LogP contribution in [-0.4, -0.2) is 17.8 Å². The lowest BCUT2D eigenvalue weighted by Crippen LogP contribution is -2.23. The first kappa shape index (κ1) is 18.5. The summed E-state index contributed by atoms with van der Waals surface area (Å²) < 4.78 is 0. The van der Waals surface area contributed by atoms with Crippen LogP contribution in [0.4, 0.5) is 0 Å². The van der Waals surface area contributed by atoms with Crippen LogP contribution in [0.25, 0.3) is 0 Å². The van der Waals surface area contributed by atoms with E-state index >= 15 is 0 Å². The van der Waals surface area contributed by atoms with Crippen LogP contribution in [0.3, 0.4) is 0 Å². The monoisotopic (exact) mass is 340 g/mol. The van der Waals surface area contributed by atoms with Crippen LogP contribution in [0.5, 0.6) is 0 Å². The van der Waals surface area contributed by atoms with E-state index < -0.39 is 5.41 Å². The van der Waals surface area contributed by atoms with Crippen LogP contribution in [0.2, 0.25) is 0 Å². The maximum Gasteiger partial charge on any atom is 0.170 e. The lowest BCUT2D eigenvalue weighted by molar-refractivity contribution is -0.125. The molecule has 0 unspecified atom stereocenters. The fraction of sp³-hybridized carbons (Fsp3) is 0.333. The fourth-order valence-electron chi connectivity index (χ4n) is 2.51. The first-order chi connectivity index (χ1) is 11.3. The van der Waals surface area contributed by atoms with E-state index in [-0.39, 0.29) is 18.0 Å². The molecule has 0 aliphatic carbocycles. The third-order valence-electron chi connectivity index (χ3n) is 4.05. The van der Waals surface area contributed by atoms with E-state index in [4.69, 9.17) is 0 Å². The number of hydrogen-bond donors (Lipinski definition) is 0. The number of benzene rings is 2. The van der Waals surface area contributed by atoms with Gasteiger partial charge >= 0.3 is 0 Å². The van der Waals surface area contributed by atoms with Crippen molar-refractivity contribution in [3.63, 3.8) is 0 Å². The molecule has 24 heavy (non-hydrogen) atoms. The van der Waals surface area contributed by atoms with Gasteiger partial charge in [-0.3, -0.25) is 9.59 Å². The molecule has 2 aromatic carbocycles. The van der Waals surface area contributed by atoms with E-state index in [1.807, 2.05) is 57.2 Å². The normalized spacial score (nSPS) is 11.3. The predicted molar refractivity (Wildman–Crippen MR) is 101 cm³/mol. The lowest BCUT2D eigenvalue weighted by atomic mass is 9.86. The number of Topliss-reactive ketones (excluding diaryl/α,β-unsaturated/α-hetero) is 2. The number of thioether (sulfide) groups is 1. The molecular formula is C21H24O2S. The van der Waals surface area contributed by atoms with Gasteiger partial charge in [0.05, 0.1) is 6.42 Å². The van der Waals surface area contributed by atoms with E-state index in [0.717, 1.165) is 5.56 Å². The Labute approximate surface area is 148 Å². The Kier molecular flexibility index (Phi) is 6.00. The highest BCUT2D eigenvalue weighted by Gasteiger charge is 2.25. The summed E-state index contributed by atoms with van der Waals surface area (Å²) in [7, 11) is 0. The minimum Gasteiger partial charge on any atom is -0.299 e. The zero-order chi connectivity index (χ0) is 17.7. The third kappa shape index (κ3) is 4.57. The highest BCUT2D eigenvalue weighted by molar-refractivity contribution is 7.98. The Morgan fingerprint density at radius 3 is 2.12 bits per heavy atom. The average Bonchev–Trinajstić information content (AvgIpc) is 2.55. The summed E-state index contributed by atoms with van der Waals surface area (Å²) in [6.45, 7) is 5.55. The number of ketones is 2. The van der Waals surface area contributed by atoms with Gasteiger partial charge in [-0.15, -0.1) is 11.8 Å². The van der Waals surface area contributed by atoms with E-state index in [2.05, 4.69) is 18.4 Å². The summed E-state index contributed by atoms with van der Waals surface area (Å²) >= 11 is 1.70. The molecular weight excluding hydrogens is 316 g/mol. The lowest BCUT2D eigenvalue weighted by Gasteiger charge is -2.17. The second kappa shape index (κ2) is 7.80. The molecule has 0 heterocycles. The van der Waals surface area contributed by atoms with E-state index in [0.29, 0.717) is 12.0 Å². The Hall–Kier alpha value is -1.87. The van der Waals surface area contributed by atoms with E-state index in [1.54, 1.807) is 11.8 Å². The van der Waals surface area contributed by atoms with Crippen LogP contribution in [0.1, 0.15) is 48.7 Å². The van der Waals surface area contributed by atoms with Crippen molar-refractivity contribution in [2.75, 3.05) is 6.26 Å². The van der Waals surface area contributed by atoms with Crippen molar-refractivity contribution in [1.82, 2.24) is 0 Å². The van der Waals surface area contributed by atoms with Gasteiger partial charge in [0.1, 0.15) is 5.78 Å². The maximum atomic E-state index is 12.6. The van der Waals surface area contributed by atoms with Crippen molar-refractivity contribution in [3.05, 3.63) is 65.2 Å². The first-order valence-corrected chi connectivity index (χ1v) is 9.31. The Balaban J connectivity index is 2.27. The number of carbonyl (C=O) groups excluding carboxylic acids is 2. The summed E-state index contributed by atoms with van der Waals surface area (Å²) in [5.41, 5.74) is 2.35. The maximum absolute atomic E-state index is 12.6. The summed E-state index contributed by atoms with van der Waals surface area (Å²) in [6.07, 6.45) is 2.71. The molecule has 0 saturated carbocycles. The van der Waals surface area contributed by atoms with Crippen molar-refractivity contribution in [2.24, 2.45) is 5.41 Å². The smallest absolute Gasteiger partial charge is 0.170 e. The first-order valence-electron chi connectivity index (χ1n) is 8.09. The molecule has 0 amide bonds. The van der Waals surface area contributed by atoms with Gasteiger partial charge in [-0.1, -0.05) is 63.2 Å². The van der Waals surface area contributed by atoms with Gasteiger partial charge in [-0.2, -0.15) is 0 Å². The summed E-state index contributed by atoms with van der Waals surface area (Å²) in [5, 5.41) is 0. The molecule has 0 radical (unpaired) electrons. The number of rotatable bonds is 6. The minimum absolute atomic E-state index is 0.0215. The molecule has 2 aromatic rings. The van der Waals surface area contributed by atoms with Crippen LogP contribution in [-0.2, 0) is 11.2 Å². The fourth-order valence-corrected chi connectivity index (χ4v) is 3.12. The zero-order valence-electron chi connectivity index (χ0n) is 14.8. The van der Waals surface area contributed by atoms with Gasteiger partial charge in [0, 0.05) is 15.9 Å². The van der Waals surface area contributed by atoms with E-state index in [9.17, 15) is 9.59 Å². The van der Waals surface area contributed by atoms with E-state index in [1.165, 1.54) is 10.5 Å². The van der Waals surface area contributed by atoms with Crippen LogP contribution in [0.15, 0.2) is 53.4 Å². The summed E-state index contributed by atoms with van der Waals surface area (Å²) in [4.78, 5) is 26.0. The van der Waals surface area contributed by atoms with Crippen molar-refractivity contribution >= 4 is 23.3 Å². The van der Waals surface area contributed by atoms with Crippen molar-refractivity contribution in [3.8, 4) is 0 Å². The van der Waals surface area contributed by atoms with Gasteiger partial charge in [-0.25, -0.2) is 0 Å². The standard InChI is InChI=1S/C21H24O2S/c1-21(2,3)20(23)14-18(22)17-11-7-5-9-15(17)13-16-10-6-8-12-19(16)24-4/h5-12H,13-14H2,1-4H3. The van der Waals surface area contributed by atoms with Crippen molar-refractivity contribution in [1.29, 1.82) is 0 Å². The molecule has 0 atom stereocenters. The van der Waals surface area contributed by atoms with Crippen LogP contribution >= 0.6 is 11.8 Å². The molecule has 0 bridgehead atoms. The molecule has 0 aliphatic rings. The largest absolute Gasteiger partial charge is 0.299 e. The highest BCUT2D eigenvalue weighted by Crippen LogP contribution is 2.25. The zero-order valence-corrected chi connectivity index (χ0v) is 15.6. The summed E-state index contributed by atoms with van der Waals surface area (Å²) in [6, 6.07) is 15.8. The molecule has 0 saturated heterocycles. The third-order valence-corrected chi connectivity index (χ3v) is 4.89. The predicted octanol–water partition coefficient (Wildman–Crippen LogP) is 5.19. The molecule has 0 N–H and O–H groups in total. The van der Waals surface area contributed by atoms with Crippen molar-refractivity contribution in [2.45, 2.75) is 38.5 Å². The molecule has 0 fully saturated rings. The number of hydrogen-bond acceptors (Lipinski definition) is 3. The molecule has 0 aromatic heterocycles. The van der Waals surface area contributed by atoms with Gasteiger partial charge in [0.2, 0.25) is 0 Å². The van der Waals surface area contributed by atoms with Gasteiger partial charge in [0.25, 0.3) is 0 Å². The molecule has 3 heteroatoms. The number of carbonyl (C=O) groups is 2. The van der Waals surface area contributed by atoms with Gasteiger partial charge in [0.15, 0.2) is 5.78 Å². The molecule has 0 spiro atoms. The SMILES string of the molecule is CSc1ccccc1Cc1ccccc1C(=O)CC(=O)C(C)(C)C. The van der Waals surface area contributed by atoms with Crippen molar-refractivity contribution < 1.29 is 9.59 Å². The summed E-state index contributed by atoms with van der Waals surface area (Å²) in [5.74, 6) is -0.112. The minimum atomic E-state index is -0.490. The topological polar surface area (TPSA) is 34.1 Å². The molecule has 126 valence electrons. The molecule has 2 rings (SSSR count). The average molecular weight is 340 g/mol. The Morgan fingerprint density at radius 1 is 0.917 bits per heavy atom. The van der Waals surface area contributed by atoms with Crippen LogP contribution in [0, 0.1) is 5.41 Å². The van der Waals surface area contributed by atoms with Gasteiger partial charge < -0.3 is 0 Å². The second-order valence-corrected chi connectivity index (χ2v) is 7.77. The molecule has 2 nitrogen and oxygen atoms in total. The quantitative estimate of drug-likeness (QED) is 0.412. The Morgan fingerprint density at radius 2 is 1.50 bits per heavy atom.